The molecular weight excluding hydrogens is 349 g/mol. The Labute approximate surface area is 150 Å². The zero-order valence-electron chi connectivity index (χ0n) is 13.2. The maximum atomic E-state index is 11.4. The average Bonchev–Trinajstić information content (AvgIpc) is 2.59. The first-order chi connectivity index (χ1) is 11.5. The third kappa shape index (κ3) is 3.71. The number of carbonyl (C=O) groups is 1. The molecule has 6 nitrogen and oxygen atoms in total. The van der Waals surface area contributed by atoms with Gasteiger partial charge in [-0.1, -0.05) is 29.3 Å². The SMILES string of the molecule is CC(=O)N1CCN(c2ccnc(Nc3cccc(Cl)c3Cl)n2)CC1. The highest BCUT2D eigenvalue weighted by Crippen LogP contribution is 2.31. The van der Waals surface area contributed by atoms with Crippen molar-refractivity contribution in [3.05, 3.63) is 40.5 Å². The number of nitrogens with zero attached hydrogens (tertiary/aromatic N) is 4. The third-order valence-electron chi connectivity index (χ3n) is 3.89. The monoisotopic (exact) mass is 365 g/mol. The molecule has 0 unspecified atom stereocenters. The van der Waals surface area contributed by atoms with Crippen molar-refractivity contribution >= 4 is 46.6 Å². The van der Waals surface area contributed by atoms with Crippen LogP contribution in [-0.2, 0) is 4.79 Å². The molecule has 0 bridgehead atoms. The molecule has 2 aromatic rings. The Morgan fingerprint density at radius 3 is 2.62 bits per heavy atom. The topological polar surface area (TPSA) is 61.4 Å². The summed E-state index contributed by atoms with van der Waals surface area (Å²) in [4.78, 5) is 24.1. The highest BCUT2D eigenvalue weighted by molar-refractivity contribution is 6.43. The first-order valence-corrected chi connectivity index (χ1v) is 8.35. The zero-order chi connectivity index (χ0) is 17.1. The van der Waals surface area contributed by atoms with Gasteiger partial charge in [-0.15, -0.1) is 0 Å². The highest BCUT2D eigenvalue weighted by Gasteiger charge is 2.20. The van der Waals surface area contributed by atoms with Gasteiger partial charge in [-0.05, 0) is 18.2 Å². The van der Waals surface area contributed by atoms with Gasteiger partial charge < -0.3 is 15.1 Å². The summed E-state index contributed by atoms with van der Waals surface area (Å²) in [6.45, 7) is 4.48. The summed E-state index contributed by atoms with van der Waals surface area (Å²) in [5, 5.41) is 3.99. The number of halogens is 2. The minimum absolute atomic E-state index is 0.107. The van der Waals surface area contributed by atoms with Crippen LogP contribution in [0.2, 0.25) is 10.0 Å². The lowest BCUT2D eigenvalue weighted by atomic mass is 10.3. The number of hydrogen-bond donors (Lipinski definition) is 1. The second kappa shape index (κ2) is 7.23. The van der Waals surface area contributed by atoms with Crippen LogP contribution in [0.25, 0.3) is 0 Å². The van der Waals surface area contributed by atoms with Crippen LogP contribution in [0, 0.1) is 0 Å². The van der Waals surface area contributed by atoms with E-state index in [0.717, 1.165) is 18.9 Å². The zero-order valence-corrected chi connectivity index (χ0v) is 14.7. The van der Waals surface area contributed by atoms with Crippen molar-refractivity contribution in [1.82, 2.24) is 14.9 Å². The molecular formula is C16H17Cl2N5O. The van der Waals surface area contributed by atoms with Crippen LogP contribution in [0.1, 0.15) is 6.92 Å². The number of amides is 1. The lowest BCUT2D eigenvalue weighted by molar-refractivity contribution is -0.129. The second-order valence-electron chi connectivity index (χ2n) is 5.46. The van der Waals surface area contributed by atoms with E-state index in [0.29, 0.717) is 34.8 Å². The van der Waals surface area contributed by atoms with E-state index in [4.69, 9.17) is 23.2 Å². The molecule has 3 rings (SSSR count). The largest absolute Gasteiger partial charge is 0.353 e. The van der Waals surface area contributed by atoms with E-state index >= 15 is 0 Å². The average molecular weight is 366 g/mol. The first kappa shape index (κ1) is 16.8. The number of rotatable bonds is 3. The molecule has 0 aliphatic carbocycles. The minimum Gasteiger partial charge on any atom is -0.353 e. The van der Waals surface area contributed by atoms with Crippen molar-refractivity contribution in [1.29, 1.82) is 0 Å². The summed E-state index contributed by atoms with van der Waals surface area (Å²) < 4.78 is 0. The molecule has 0 atom stereocenters. The van der Waals surface area contributed by atoms with Gasteiger partial charge in [-0.25, -0.2) is 4.98 Å². The van der Waals surface area contributed by atoms with Gasteiger partial charge in [0, 0.05) is 39.3 Å². The number of nitrogens with one attached hydrogen (secondary N) is 1. The predicted molar refractivity (Wildman–Crippen MR) is 96.2 cm³/mol. The van der Waals surface area contributed by atoms with Gasteiger partial charge in [0.15, 0.2) is 0 Å². The van der Waals surface area contributed by atoms with Gasteiger partial charge in [-0.2, -0.15) is 4.98 Å². The van der Waals surface area contributed by atoms with Crippen LogP contribution in [-0.4, -0.2) is 47.0 Å². The van der Waals surface area contributed by atoms with Crippen molar-refractivity contribution < 1.29 is 4.79 Å². The van der Waals surface area contributed by atoms with Gasteiger partial charge >= 0.3 is 0 Å². The second-order valence-corrected chi connectivity index (χ2v) is 6.24. The van der Waals surface area contributed by atoms with Gasteiger partial charge in [0.05, 0.1) is 15.7 Å². The maximum absolute atomic E-state index is 11.4. The molecule has 1 aliphatic rings. The summed E-state index contributed by atoms with van der Waals surface area (Å²) >= 11 is 12.2. The summed E-state index contributed by atoms with van der Waals surface area (Å²) in [5.74, 6) is 1.37. The summed E-state index contributed by atoms with van der Waals surface area (Å²) in [6, 6.07) is 7.20. The molecule has 1 fully saturated rings. The lowest BCUT2D eigenvalue weighted by Gasteiger charge is -2.34. The molecule has 8 heteroatoms. The fraction of sp³-hybridized carbons (Fsp3) is 0.312. The number of anilines is 3. The molecule has 1 aromatic heterocycles. The Balaban J connectivity index is 1.73. The van der Waals surface area contributed by atoms with Gasteiger partial charge in [-0.3, -0.25) is 4.79 Å². The van der Waals surface area contributed by atoms with Crippen LogP contribution >= 0.6 is 23.2 Å². The Bertz CT molecular complexity index is 747. The minimum atomic E-state index is 0.107. The van der Waals surface area contributed by atoms with Crippen molar-refractivity contribution in [3.8, 4) is 0 Å². The Morgan fingerprint density at radius 1 is 1.17 bits per heavy atom. The lowest BCUT2D eigenvalue weighted by Crippen LogP contribution is -2.48. The van der Waals surface area contributed by atoms with Crippen LogP contribution in [0.5, 0.6) is 0 Å². The fourth-order valence-electron chi connectivity index (χ4n) is 2.56. The number of carbonyl (C=O) groups excluding carboxylic acids is 1. The van der Waals surface area contributed by atoms with Crippen molar-refractivity contribution in [2.24, 2.45) is 0 Å². The number of piperazine rings is 1. The van der Waals surface area contributed by atoms with E-state index in [1.807, 2.05) is 17.0 Å². The van der Waals surface area contributed by atoms with Gasteiger partial charge in [0.1, 0.15) is 5.82 Å². The molecule has 0 spiro atoms. The standard InChI is InChI=1S/C16H17Cl2N5O/c1-11(24)22-7-9-23(10-8-22)14-5-6-19-16(21-14)20-13-4-2-3-12(17)15(13)18/h2-6H,7-10H2,1H3,(H,19,20,21). The van der Waals surface area contributed by atoms with E-state index < -0.39 is 0 Å². The van der Waals surface area contributed by atoms with Crippen molar-refractivity contribution in [2.45, 2.75) is 6.92 Å². The number of hydrogen-bond acceptors (Lipinski definition) is 5. The molecule has 24 heavy (non-hydrogen) atoms. The van der Waals surface area contributed by atoms with Crippen molar-refractivity contribution in [3.63, 3.8) is 0 Å². The fourth-order valence-corrected chi connectivity index (χ4v) is 2.90. The van der Waals surface area contributed by atoms with E-state index in [1.54, 1.807) is 25.3 Å². The molecule has 1 N–H and O–H groups in total. The Morgan fingerprint density at radius 2 is 1.92 bits per heavy atom. The molecule has 1 saturated heterocycles. The molecule has 1 aromatic carbocycles. The number of benzene rings is 1. The van der Waals surface area contributed by atoms with Crippen molar-refractivity contribution in [2.75, 3.05) is 36.4 Å². The maximum Gasteiger partial charge on any atom is 0.229 e. The van der Waals surface area contributed by atoms with Gasteiger partial charge in [0.25, 0.3) is 0 Å². The van der Waals surface area contributed by atoms with E-state index in [9.17, 15) is 4.79 Å². The van der Waals surface area contributed by atoms with E-state index in [1.165, 1.54) is 0 Å². The summed E-state index contributed by atoms with van der Waals surface area (Å²) in [7, 11) is 0. The Kier molecular flexibility index (Phi) is 5.06. The molecule has 126 valence electrons. The molecule has 2 heterocycles. The van der Waals surface area contributed by atoms with Gasteiger partial charge in [0.2, 0.25) is 11.9 Å². The quantitative estimate of drug-likeness (QED) is 0.904. The molecule has 0 radical (unpaired) electrons. The molecule has 1 amide bonds. The van der Waals surface area contributed by atoms with E-state index in [-0.39, 0.29) is 5.91 Å². The molecule has 1 aliphatic heterocycles. The highest BCUT2D eigenvalue weighted by atomic mass is 35.5. The summed E-state index contributed by atoms with van der Waals surface area (Å²) in [6.07, 6.45) is 1.69. The van der Waals surface area contributed by atoms with Crippen LogP contribution < -0.4 is 10.2 Å². The van der Waals surface area contributed by atoms with Crippen LogP contribution in [0.15, 0.2) is 30.5 Å². The third-order valence-corrected chi connectivity index (χ3v) is 4.71. The van der Waals surface area contributed by atoms with Crippen LogP contribution in [0.4, 0.5) is 17.5 Å². The summed E-state index contributed by atoms with van der Waals surface area (Å²) in [5.41, 5.74) is 0.655. The van der Waals surface area contributed by atoms with Crippen LogP contribution in [0.3, 0.4) is 0 Å². The van der Waals surface area contributed by atoms with E-state index in [2.05, 4.69) is 20.2 Å². The predicted octanol–water partition coefficient (Wildman–Crippen LogP) is 3.20. The number of aromatic nitrogens is 2. The first-order valence-electron chi connectivity index (χ1n) is 7.59. The Hall–Kier alpha value is -2.05. The smallest absolute Gasteiger partial charge is 0.229 e. The normalized spacial score (nSPS) is 14.6. The molecule has 0 saturated carbocycles.